The van der Waals surface area contributed by atoms with Crippen LogP contribution in [0.4, 0.5) is 13.2 Å². The van der Waals surface area contributed by atoms with Crippen molar-refractivity contribution in [3.05, 3.63) is 23.4 Å². The Morgan fingerprint density at radius 1 is 1.50 bits per heavy atom. The fourth-order valence-corrected chi connectivity index (χ4v) is 1.35. The van der Waals surface area contributed by atoms with Crippen LogP contribution in [0.2, 0.25) is 0 Å². The van der Waals surface area contributed by atoms with E-state index in [0.717, 1.165) is 0 Å². The molecule has 0 bridgehead atoms. The van der Waals surface area contributed by atoms with Crippen LogP contribution in [-0.2, 0) is 0 Å². The van der Waals surface area contributed by atoms with Crippen LogP contribution in [0.15, 0.2) is 23.4 Å². The summed E-state index contributed by atoms with van der Waals surface area (Å²) in [4.78, 5) is 0. The molecule has 5 heteroatoms. The highest BCUT2D eigenvalue weighted by Gasteiger charge is 2.40. The van der Waals surface area contributed by atoms with Crippen LogP contribution in [0.5, 0.6) is 0 Å². The SMILES string of the molecule is CCC1(N)C=CC(N)=C(C(F)(F)F)C1. The van der Waals surface area contributed by atoms with E-state index in [9.17, 15) is 13.2 Å². The van der Waals surface area contributed by atoms with Crippen molar-refractivity contribution in [2.45, 2.75) is 31.5 Å². The van der Waals surface area contributed by atoms with Crippen molar-refractivity contribution in [3.63, 3.8) is 0 Å². The Kier molecular flexibility index (Phi) is 2.63. The third-order valence-electron chi connectivity index (χ3n) is 2.45. The molecular weight excluding hydrogens is 193 g/mol. The summed E-state index contributed by atoms with van der Waals surface area (Å²) in [5, 5.41) is 0. The van der Waals surface area contributed by atoms with E-state index in [0.29, 0.717) is 6.42 Å². The van der Waals surface area contributed by atoms with E-state index in [-0.39, 0.29) is 12.1 Å². The van der Waals surface area contributed by atoms with Gasteiger partial charge >= 0.3 is 6.18 Å². The first-order valence-electron chi connectivity index (χ1n) is 4.32. The van der Waals surface area contributed by atoms with Crippen LogP contribution < -0.4 is 11.5 Å². The van der Waals surface area contributed by atoms with Gasteiger partial charge in [-0.1, -0.05) is 13.0 Å². The summed E-state index contributed by atoms with van der Waals surface area (Å²) >= 11 is 0. The van der Waals surface area contributed by atoms with E-state index < -0.39 is 17.3 Å². The van der Waals surface area contributed by atoms with Gasteiger partial charge in [0.1, 0.15) is 0 Å². The molecule has 1 aliphatic rings. The van der Waals surface area contributed by atoms with Crippen LogP contribution in [0.3, 0.4) is 0 Å². The van der Waals surface area contributed by atoms with Crippen molar-refractivity contribution >= 4 is 0 Å². The molecule has 0 fully saturated rings. The second-order valence-corrected chi connectivity index (χ2v) is 3.53. The predicted octanol–water partition coefficient (Wildman–Crippen LogP) is 1.83. The molecule has 0 spiro atoms. The molecule has 2 nitrogen and oxygen atoms in total. The molecule has 0 aromatic carbocycles. The molecule has 1 unspecified atom stereocenters. The Balaban J connectivity index is 3.01. The molecule has 0 saturated carbocycles. The van der Waals surface area contributed by atoms with E-state index in [2.05, 4.69) is 0 Å². The molecule has 0 saturated heterocycles. The second kappa shape index (κ2) is 3.31. The van der Waals surface area contributed by atoms with Gasteiger partial charge < -0.3 is 11.5 Å². The van der Waals surface area contributed by atoms with Crippen molar-refractivity contribution in [1.29, 1.82) is 0 Å². The summed E-state index contributed by atoms with van der Waals surface area (Å²) in [5.41, 5.74) is 9.13. The van der Waals surface area contributed by atoms with Crippen LogP contribution >= 0.6 is 0 Å². The van der Waals surface area contributed by atoms with Crippen molar-refractivity contribution in [2.24, 2.45) is 11.5 Å². The van der Waals surface area contributed by atoms with Crippen LogP contribution in [-0.4, -0.2) is 11.7 Å². The average molecular weight is 206 g/mol. The van der Waals surface area contributed by atoms with Crippen LogP contribution in [0.1, 0.15) is 19.8 Å². The third-order valence-corrected chi connectivity index (χ3v) is 2.45. The molecule has 4 N–H and O–H groups in total. The van der Waals surface area contributed by atoms with Gasteiger partial charge in [-0.3, -0.25) is 0 Å². The number of hydrogen-bond acceptors (Lipinski definition) is 2. The zero-order chi connectivity index (χ0) is 11.0. The molecule has 0 aliphatic heterocycles. The molecule has 1 atom stereocenters. The van der Waals surface area contributed by atoms with Gasteiger partial charge in [0, 0.05) is 17.7 Å². The van der Waals surface area contributed by atoms with E-state index in [4.69, 9.17) is 11.5 Å². The highest BCUT2D eigenvalue weighted by molar-refractivity contribution is 5.35. The van der Waals surface area contributed by atoms with E-state index in [1.807, 2.05) is 0 Å². The Labute approximate surface area is 80.5 Å². The van der Waals surface area contributed by atoms with Gasteiger partial charge in [-0.05, 0) is 12.5 Å². The van der Waals surface area contributed by atoms with Crippen LogP contribution in [0.25, 0.3) is 0 Å². The Morgan fingerprint density at radius 2 is 2.07 bits per heavy atom. The highest BCUT2D eigenvalue weighted by atomic mass is 19.4. The number of halogens is 3. The maximum Gasteiger partial charge on any atom is 0.414 e. The zero-order valence-electron chi connectivity index (χ0n) is 7.86. The summed E-state index contributed by atoms with van der Waals surface area (Å²) in [5.74, 6) is 0. The lowest BCUT2D eigenvalue weighted by Gasteiger charge is -2.30. The van der Waals surface area contributed by atoms with Crippen molar-refractivity contribution in [1.82, 2.24) is 0 Å². The van der Waals surface area contributed by atoms with Gasteiger partial charge in [0.05, 0.1) is 5.57 Å². The lowest BCUT2D eigenvalue weighted by Crippen LogP contribution is -2.41. The second-order valence-electron chi connectivity index (χ2n) is 3.53. The molecule has 0 amide bonds. The Hall–Kier alpha value is -0.970. The fraction of sp³-hybridized carbons (Fsp3) is 0.556. The van der Waals surface area contributed by atoms with Gasteiger partial charge in [0.15, 0.2) is 0 Å². The standard InChI is InChI=1S/C9H13F3N2/c1-2-8(14)4-3-7(13)6(5-8)9(10,11)12/h3-4H,2,5,13-14H2,1H3. The first-order valence-corrected chi connectivity index (χ1v) is 4.32. The van der Waals surface area contributed by atoms with Crippen molar-refractivity contribution in [3.8, 4) is 0 Å². The Morgan fingerprint density at radius 3 is 2.50 bits per heavy atom. The first-order chi connectivity index (χ1) is 6.28. The third kappa shape index (κ3) is 2.09. The molecule has 0 aromatic heterocycles. The van der Waals surface area contributed by atoms with E-state index in [1.54, 1.807) is 6.92 Å². The lowest BCUT2D eigenvalue weighted by atomic mass is 9.84. The van der Waals surface area contributed by atoms with Gasteiger partial charge in [-0.25, -0.2) is 0 Å². The quantitative estimate of drug-likeness (QED) is 0.687. The fourth-order valence-electron chi connectivity index (χ4n) is 1.35. The zero-order valence-corrected chi connectivity index (χ0v) is 7.86. The largest absolute Gasteiger partial charge is 0.414 e. The van der Waals surface area contributed by atoms with Gasteiger partial charge in [-0.15, -0.1) is 0 Å². The number of nitrogens with two attached hydrogens (primary N) is 2. The number of hydrogen-bond donors (Lipinski definition) is 2. The van der Waals surface area contributed by atoms with E-state index >= 15 is 0 Å². The van der Waals surface area contributed by atoms with E-state index in [1.165, 1.54) is 12.2 Å². The van der Waals surface area contributed by atoms with Gasteiger partial charge in [0.25, 0.3) is 0 Å². The maximum absolute atomic E-state index is 12.4. The summed E-state index contributed by atoms with van der Waals surface area (Å²) in [6, 6.07) is 0. The predicted molar refractivity (Wildman–Crippen MR) is 48.2 cm³/mol. The Bertz CT molecular complexity index is 291. The molecule has 0 aromatic rings. The highest BCUT2D eigenvalue weighted by Crippen LogP contribution is 2.36. The van der Waals surface area contributed by atoms with Crippen molar-refractivity contribution < 1.29 is 13.2 Å². The topological polar surface area (TPSA) is 52.0 Å². The number of alkyl halides is 3. The summed E-state index contributed by atoms with van der Waals surface area (Å²) < 4.78 is 37.3. The molecule has 1 rings (SSSR count). The normalized spacial score (nSPS) is 28.4. The number of allylic oxidation sites excluding steroid dienone is 1. The molecule has 1 aliphatic carbocycles. The average Bonchev–Trinajstić information content (AvgIpc) is 2.08. The lowest BCUT2D eigenvalue weighted by molar-refractivity contribution is -0.0963. The minimum Gasteiger partial charge on any atom is -0.399 e. The first kappa shape index (κ1) is 11.1. The summed E-state index contributed by atoms with van der Waals surface area (Å²) in [7, 11) is 0. The molecule has 0 heterocycles. The summed E-state index contributed by atoms with van der Waals surface area (Å²) in [6.07, 6.45) is -1.38. The summed E-state index contributed by atoms with van der Waals surface area (Å²) in [6.45, 7) is 1.75. The monoisotopic (exact) mass is 206 g/mol. The maximum atomic E-state index is 12.4. The van der Waals surface area contributed by atoms with Gasteiger partial charge in [0.2, 0.25) is 0 Å². The molecule has 14 heavy (non-hydrogen) atoms. The molecule has 80 valence electrons. The molecular formula is C9H13F3N2. The van der Waals surface area contributed by atoms with Crippen LogP contribution in [0, 0.1) is 0 Å². The van der Waals surface area contributed by atoms with Gasteiger partial charge in [-0.2, -0.15) is 13.2 Å². The molecule has 0 radical (unpaired) electrons. The van der Waals surface area contributed by atoms with Crippen molar-refractivity contribution in [2.75, 3.05) is 0 Å². The smallest absolute Gasteiger partial charge is 0.399 e. The number of rotatable bonds is 1. The minimum atomic E-state index is -4.38. The minimum absolute atomic E-state index is 0.230.